The molecule has 5 nitrogen and oxygen atoms in total. The summed E-state index contributed by atoms with van der Waals surface area (Å²) in [7, 11) is 0. The molecule has 0 aliphatic carbocycles. The molecule has 1 unspecified atom stereocenters. The van der Waals surface area contributed by atoms with Crippen molar-refractivity contribution >= 4 is 5.91 Å². The molecule has 0 saturated carbocycles. The second-order valence-electron chi connectivity index (χ2n) is 4.67. The van der Waals surface area contributed by atoms with Crippen LogP contribution in [0.25, 0.3) is 0 Å². The summed E-state index contributed by atoms with van der Waals surface area (Å²) in [5.74, 6) is -0.633. The number of hydrogen-bond donors (Lipinski definition) is 2. The number of ether oxygens (including phenoxy) is 1. The third-order valence-electron chi connectivity index (χ3n) is 3.29. The van der Waals surface area contributed by atoms with E-state index in [0.717, 1.165) is 12.8 Å². The minimum Gasteiger partial charge on any atom is -0.504 e. The number of amides is 1. The van der Waals surface area contributed by atoms with Gasteiger partial charge in [0.15, 0.2) is 11.5 Å². The summed E-state index contributed by atoms with van der Waals surface area (Å²) >= 11 is 0. The fourth-order valence-electron chi connectivity index (χ4n) is 2.33. The lowest BCUT2D eigenvalue weighted by Crippen LogP contribution is -2.43. The van der Waals surface area contributed by atoms with Crippen LogP contribution in [0, 0.1) is 0 Å². The molecule has 5 heteroatoms. The minimum absolute atomic E-state index is 0.0911. The minimum atomic E-state index is -0.274. The van der Waals surface area contributed by atoms with E-state index in [4.69, 9.17) is 4.74 Å². The Morgan fingerprint density at radius 1 is 1.42 bits per heavy atom. The van der Waals surface area contributed by atoms with Gasteiger partial charge in [-0.2, -0.15) is 0 Å². The number of piperidine rings is 1. The quantitative estimate of drug-likeness (QED) is 0.817. The number of aromatic hydroxyl groups is 2. The van der Waals surface area contributed by atoms with Crippen molar-refractivity contribution in [1.82, 2.24) is 4.90 Å². The molecule has 1 amide bonds. The molecule has 2 rings (SSSR count). The zero-order valence-electron chi connectivity index (χ0n) is 11.0. The van der Waals surface area contributed by atoms with Crippen LogP contribution in [0.1, 0.15) is 30.1 Å². The fourth-order valence-corrected chi connectivity index (χ4v) is 2.33. The Balaban J connectivity index is 2.08. The van der Waals surface area contributed by atoms with Crippen LogP contribution in [0.5, 0.6) is 11.5 Å². The molecule has 1 aliphatic rings. The Kier molecular flexibility index (Phi) is 4.27. The van der Waals surface area contributed by atoms with Crippen LogP contribution >= 0.6 is 0 Å². The summed E-state index contributed by atoms with van der Waals surface area (Å²) in [5.41, 5.74) is 0.382. The molecule has 0 radical (unpaired) electrons. The highest BCUT2D eigenvalue weighted by molar-refractivity contribution is 5.95. The van der Waals surface area contributed by atoms with E-state index in [1.165, 1.54) is 18.2 Å². The van der Waals surface area contributed by atoms with E-state index in [2.05, 4.69) is 0 Å². The highest BCUT2D eigenvalue weighted by atomic mass is 16.5. The number of nitrogens with zero attached hydrogens (tertiary/aromatic N) is 1. The summed E-state index contributed by atoms with van der Waals surface area (Å²) < 4.78 is 5.56. The fraction of sp³-hybridized carbons (Fsp3) is 0.500. The van der Waals surface area contributed by atoms with E-state index < -0.39 is 0 Å². The van der Waals surface area contributed by atoms with E-state index in [0.29, 0.717) is 25.3 Å². The zero-order chi connectivity index (χ0) is 13.8. The first-order chi connectivity index (χ1) is 9.11. The molecule has 1 fully saturated rings. The standard InChI is InChI=1S/C14H19NO4/c1-2-19-11-4-3-7-15(9-11)14(18)10-5-6-12(16)13(17)8-10/h5-6,8,11,16-17H,2-4,7,9H2,1H3. The lowest BCUT2D eigenvalue weighted by Gasteiger charge is -2.32. The lowest BCUT2D eigenvalue weighted by molar-refractivity contribution is 0.00723. The van der Waals surface area contributed by atoms with Crippen molar-refractivity contribution in [1.29, 1.82) is 0 Å². The van der Waals surface area contributed by atoms with Gasteiger partial charge in [-0.1, -0.05) is 0 Å². The second-order valence-corrected chi connectivity index (χ2v) is 4.67. The van der Waals surface area contributed by atoms with E-state index in [1.54, 1.807) is 4.90 Å². The first-order valence-corrected chi connectivity index (χ1v) is 6.54. The molecule has 2 N–H and O–H groups in total. The molecule has 1 heterocycles. The van der Waals surface area contributed by atoms with E-state index in [9.17, 15) is 15.0 Å². The van der Waals surface area contributed by atoms with Gasteiger partial charge in [-0.05, 0) is 38.0 Å². The van der Waals surface area contributed by atoms with Gasteiger partial charge in [0.05, 0.1) is 6.10 Å². The number of carbonyl (C=O) groups excluding carboxylic acids is 1. The van der Waals surface area contributed by atoms with Crippen molar-refractivity contribution in [2.24, 2.45) is 0 Å². The smallest absolute Gasteiger partial charge is 0.254 e. The van der Waals surface area contributed by atoms with Gasteiger partial charge >= 0.3 is 0 Å². The average Bonchev–Trinajstić information content (AvgIpc) is 2.42. The molecular weight excluding hydrogens is 246 g/mol. The lowest BCUT2D eigenvalue weighted by atomic mass is 10.1. The van der Waals surface area contributed by atoms with Crippen molar-refractivity contribution in [3.8, 4) is 11.5 Å². The molecule has 0 aromatic heterocycles. The van der Waals surface area contributed by atoms with Crippen LogP contribution in [0.4, 0.5) is 0 Å². The van der Waals surface area contributed by atoms with Gasteiger partial charge in [-0.25, -0.2) is 0 Å². The van der Waals surface area contributed by atoms with Gasteiger partial charge in [0.1, 0.15) is 0 Å². The SMILES string of the molecule is CCOC1CCCN(C(=O)c2ccc(O)c(O)c2)C1. The summed E-state index contributed by atoms with van der Waals surface area (Å²) in [6, 6.07) is 4.14. The van der Waals surface area contributed by atoms with Crippen LogP contribution in [-0.4, -0.2) is 46.8 Å². The van der Waals surface area contributed by atoms with Crippen molar-refractivity contribution in [2.45, 2.75) is 25.9 Å². The molecule has 0 spiro atoms. The van der Waals surface area contributed by atoms with E-state index in [1.807, 2.05) is 6.92 Å². The maximum Gasteiger partial charge on any atom is 0.254 e. The predicted octanol–water partition coefficient (Wildman–Crippen LogP) is 1.74. The molecule has 0 bridgehead atoms. The van der Waals surface area contributed by atoms with Gasteiger partial charge in [-0.15, -0.1) is 0 Å². The summed E-state index contributed by atoms with van der Waals surface area (Å²) in [6.45, 7) is 3.86. The first-order valence-electron chi connectivity index (χ1n) is 6.54. The number of benzene rings is 1. The van der Waals surface area contributed by atoms with Crippen LogP contribution < -0.4 is 0 Å². The van der Waals surface area contributed by atoms with Crippen LogP contribution in [0.3, 0.4) is 0 Å². The van der Waals surface area contributed by atoms with E-state index >= 15 is 0 Å². The second kappa shape index (κ2) is 5.93. The average molecular weight is 265 g/mol. The zero-order valence-corrected chi connectivity index (χ0v) is 11.0. The van der Waals surface area contributed by atoms with Crippen molar-refractivity contribution in [2.75, 3.05) is 19.7 Å². The molecule has 1 aromatic rings. The molecule has 1 atom stereocenters. The highest BCUT2D eigenvalue weighted by Crippen LogP contribution is 2.26. The molecule has 1 aromatic carbocycles. The topological polar surface area (TPSA) is 70.0 Å². The third-order valence-corrected chi connectivity index (χ3v) is 3.29. The largest absolute Gasteiger partial charge is 0.504 e. The summed E-state index contributed by atoms with van der Waals surface area (Å²) in [5, 5.41) is 18.7. The summed E-state index contributed by atoms with van der Waals surface area (Å²) in [4.78, 5) is 14.0. The first kappa shape index (κ1) is 13.7. The Hall–Kier alpha value is -1.75. The van der Waals surface area contributed by atoms with Crippen molar-refractivity contribution < 1.29 is 19.7 Å². The molecule has 1 saturated heterocycles. The molecular formula is C14H19NO4. The highest BCUT2D eigenvalue weighted by Gasteiger charge is 2.25. The monoisotopic (exact) mass is 265 g/mol. The maximum atomic E-state index is 12.3. The van der Waals surface area contributed by atoms with Crippen LogP contribution in [-0.2, 0) is 4.74 Å². The predicted molar refractivity (Wildman–Crippen MR) is 70.3 cm³/mol. The number of likely N-dealkylation sites (tertiary alicyclic amines) is 1. The van der Waals surface area contributed by atoms with Gasteiger partial charge in [-0.3, -0.25) is 4.79 Å². The van der Waals surface area contributed by atoms with Crippen molar-refractivity contribution in [3.63, 3.8) is 0 Å². The number of phenolic OH excluding ortho intramolecular Hbond substituents is 2. The molecule has 1 aliphatic heterocycles. The number of carbonyl (C=O) groups is 1. The van der Waals surface area contributed by atoms with Gasteiger partial charge in [0.2, 0.25) is 0 Å². The maximum absolute atomic E-state index is 12.3. The Morgan fingerprint density at radius 3 is 2.89 bits per heavy atom. The number of hydrogen-bond acceptors (Lipinski definition) is 4. The normalized spacial score (nSPS) is 19.4. The van der Waals surface area contributed by atoms with Crippen LogP contribution in [0.2, 0.25) is 0 Å². The summed E-state index contributed by atoms with van der Waals surface area (Å²) in [6.07, 6.45) is 1.98. The van der Waals surface area contributed by atoms with E-state index in [-0.39, 0.29) is 23.5 Å². The molecule has 19 heavy (non-hydrogen) atoms. The van der Waals surface area contributed by atoms with Gasteiger partial charge in [0.25, 0.3) is 5.91 Å². The van der Waals surface area contributed by atoms with Gasteiger partial charge < -0.3 is 19.8 Å². The Morgan fingerprint density at radius 2 is 2.21 bits per heavy atom. The van der Waals surface area contributed by atoms with Crippen molar-refractivity contribution in [3.05, 3.63) is 23.8 Å². The number of phenols is 2. The number of rotatable bonds is 3. The Labute approximate surface area is 112 Å². The Bertz CT molecular complexity index is 459. The molecule has 104 valence electrons. The third kappa shape index (κ3) is 3.17. The van der Waals surface area contributed by atoms with Gasteiger partial charge in [0, 0.05) is 25.3 Å². The van der Waals surface area contributed by atoms with Crippen LogP contribution in [0.15, 0.2) is 18.2 Å².